The first kappa shape index (κ1) is 17.1. The lowest BCUT2D eigenvalue weighted by Gasteiger charge is -2.20. The third kappa shape index (κ3) is 6.56. The Kier molecular flexibility index (Phi) is 6.68. The van der Waals surface area contributed by atoms with Crippen LogP contribution in [-0.2, 0) is 9.59 Å². The molecule has 2 amide bonds. The van der Waals surface area contributed by atoms with Gasteiger partial charge in [0, 0.05) is 24.6 Å². The highest BCUT2D eigenvalue weighted by molar-refractivity contribution is 5.88. The van der Waals surface area contributed by atoms with E-state index in [1.807, 2.05) is 24.3 Å². The van der Waals surface area contributed by atoms with Crippen molar-refractivity contribution in [1.29, 1.82) is 0 Å². The molecule has 0 unspecified atom stereocenters. The molecule has 1 aromatic rings. The van der Waals surface area contributed by atoms with Crippen LogP contribution in [0, 0.1) is 17.8 Å². The van der Waals surface area contributed by atoms with Crippen LogP contribution in [0.5, 0.6) is 0 Å². The summed E-state index contributed by atoms with van der Waals surface area (Å²) in [7, 11) is 0. The molecule has 1 saturated carbocycles. The molecule has 0 saturated heterocycles. The Morgan fingerprint density at radius 2 is 1.83 bits per heavy atom. The Bertz CT molecular complexity index is 590. The maximum atomic E-state index is 11.9. The fraction of sp³-hybridized carbons (Fsp3) is 0.474. The fourth-order valence-corrected chi connectivity index (χ4v) is 2.85. The van der Waals surface area contributed by atoms with Gasteiger partial charge in [0.25, 0.3) is 0 Å². The summed E-state index contributed by atoms with van der Waals surface area (Å²) in [5.74, 6) is 6.53. The summed E-state index contributed by atoms with van der Waals surface area (Å²) in [4.78, 5) is 22.8. The number of nitrogens with one attached hydrogen (secondary N) is 2. The van der Waals surface area contributed by atoms with E-state index in [1.54, 1.807) is 0 Å². The SMILES string of the molecule is CC(=O)Nc1ccc(C#CCNC(=O)CC2CCCCC2)cc1. The molecule has 1 aromatic carbocycles. The van der Waals surface area contributed by atoms with E-state index in [4.69, 9.17) is 0 Å². The van der Waals surface area contributed by atoms with E-state index in [0.29, 0.717) is 18.9 Å². The molecule has 0 atom stereocenters. The Morgan fingerprint density at radius 3 is 2.48 bits per heavy atom. The maximum Gasteiger partial charge on any atom is 0.221 e. The summed E-state index contributed by atoms with van der Waals surface area (Å²) in [6, 6.07) is 7.32. The molecular weight excluding hydrogens is 288 g/mol. The average molecular weight is 312 g/mol. The van der Waals surface area contributed by atoms with Gasteiger partial charge in [-0.25, -0.2) is 0 Å². The molecule has 122 valence electrons. The first-order valence-electron chi connectivity index (χ1n) is 8.27. The number of carbonyl (C=O) groups is 2. The zero-order valence-electron chi connectivity index (χ0n) is 13.7. The Labute approximate surface area is 138 Å². The van der Waals surface area contributed by atoms with Crippen molar-refractivity contribution in [2.75, 3.05) is 11.9 Å². The number of hydrogen-bond donors (Lipinski definition) is 2. The van der Waals surface area contributed by atoms with Gasteiger partial charge in [-0.2, -0.15) is 0 Å². The zero-order chi connectivity index (χ0) is 16.5. The molecule has 1 aliphatic rings. The van der Waals surface area contributed by atoms with E-state index >= 15 is 0 Å². The molecule has 1 aliphatic carbocycles. The minimum atomic E-state index is -0.0930. The van der Waals surface area contributed by atoms with Crippen LogP contribution in [0.15, 0.2) is 24.3 Å². The highest BCUT2D eigenvalue weighted by Crippen LogP contribution is 2.25. The Morgan fingerprint density at radius 1 is 1.13 bits per heavy atom. The lowest BCUT2D eigenvalue weighted by atomic mass is 9.87. The van der Waals surface area contributed by atoms with Crippen molar-refractivity contribution in [3.05, 3.63) is 29.8 Å². The standard InChI is InChI=1S/C19H24N2O2/c1-15(22)21-18-11-9-16(10-12-18)8-5-13-20-19(23)14-17-6-3-2-4-7-17/h9-12,17H,2-4,6-7,13-14H2,1H3,(H,20,23)(H,21,22). The topological polar surface area (TPSA) is 58.2 Å². The molecule has 4 nitrogen and oxygen atoms in total. The van der Waals surface area contributed by atoms with Crippen molar-refractivity contribution in [2.45, 2.75) is 45.4 Å². The molecule has 4 heteroatoms. The summed E-state index contributed by atoms with van der Waals surface area (Å²) in [5, 5.41) is 5.58. The summed E-state index contributed by atoms with van der Waals surface area (Å²) in [6.07, 6.45) is 6.81. The van der Waals surface area contributed by atoms with Crippen LogP contribution in [0.4, 0.5) is 5.69 Å². The number of anilines is 1. The zero-order valence-corrected chi connectivity index (χ0v) is 13.7. The van der Waals surface area contributed by atoms with Gasteiger partial charge in [-0.05, 0) is 43.0 Å². The van der Waals surface area contributed by atoms with Crippen molar-refractivity contribution >= 4 is 17.5 Å². The van der Waals surface area contributed by atoms with Gasteiger partial charge < -0.3 is 10.6 Å². The summed E-state index contributed by atoms with van der Waals surface area (Å²) in [6.45, 7) is 1.85. The summed E-state index contributed by atoms with van der Waals surface area (Å²) in [5.41, 5.74) is 1.62. The van der Waals surface area contributed by atoms with E-state index in [2.05, 4.69) is 22.5 Å². The molecule has 0 spiro atoms. The number of amides is 2. The van der Waals surface area contributed by atoms with Crippen LogP contribution < -0.4 is 10.6 Å². The molecule has 2 N–H and O–H groups in total. The van der Waals surface area contributed by atoms with Gasteiger partial charge in [-0.1, -0.05) is 31.1 Å². The van der Waals surface area contributed by atoms with E-state index in [-0.39, 0.29) is 11.8 Å². The van der Waals surface area contributed by atoms with Gasteiger partial charge in [0.05, 0.1) is 6.54 Å². The second-order valence-electron chi connectivity index (χ2n) is 6.05. The van der Waals surface area contributed by atoms with Crippen molar-refractivity contribution in [1.82, 2.24) is 5.32 Å². The van der Waals surface area contributed by atoms with Gasteiger partial charge in [0.15, 0.2) is 0 Å². The molecule has 23 heavy (non-hydrogen) atoms. The monoisotopic (exact) mass is 312 g/mol. The summed E-state index contributed by atoms with van der Waals surface area (Å²) < 4.78 is 0. The number of benzene rings is 1. The second kappa shape index (κ2) is 8.99. The van der Waals surface area contributed by atoms with Crippen LogP contribution in [-0.4, -0.2) is 18.4 Å². The van der Waals surface area contributed by atoms with Crippen molar-refractivity contribution < 1.29 is 9.59 Å². The summed E-state index contributed by atoms with van der Waals surface area (Å²) >= 11 is 0. The number of rotatable bonds is 4. The van der Waals surface area contributed by atoms with Crippen LogP contribution >= 0.6 is 0 Å². The minimum absolute atomic E-state index is 0.0930. The fourth-order valence-electron chi connectivity index (χ4n) is 2.85. The predicted molar refractivity (Wildman–Crippen MR) is 91.8 cm³/mol. The Hall–Kier alpha value is -2.28. The molecule has 0 aromatic heterocycles. The molecular formula is C19H24N2O2. The van der Waals surface area contributed by atoms with Crippen molar-refractivity contribution in [3.8, 4) is 11.8 Å². The lowest BCUT2D eigenvalue weighted by Crippen LogP contribution is -2.26. The third-order valence-corrected chi connectivity index (χ3v) is 4.01. The lowest BCUT2D eigenvalue weighted by molar-refractivity contribution is -0.122. The van der Waals surface area contributed by atoms with Gasteiger partial charge in [-0.15, -0.1) is 0 Å². The first-order valence-corrected chi connectivity index (χ1v) is 8.27. The van der Waals surface area contributed by atoms with Gasteiger partial charge in [-0.3, -0.25) is 9.59 Å². The predicted octanol–water partition coefficient (Wildman–Crippen LogP) is 3.08. The number of carbonyl (C=O) groups excluding carboxylic acids is 2. The van der Waals surface area contributed by atoms with Crippen LogP contribution in [0.25, 0.3) is 0 Å². The van der Waals surface area contributed by atoms with Crippen LogP contribution in [0.3, 0.4) is 0 Å². The van der Waals surface area contributed by atoms with Gasteiger partial charge in [0.2, 0.25) is 11.8 Å². The highest BCUT2D eigenvalue weighted by atomic mass is 16.2. The average Bonchev–Trinajstić information content (AvgIpc) is 2.53. The van der Waals surface area contributed by atoms with E-state index in [0.717, 1.165) is 11.3 Å². The Balaban J connectivity index is 1.72. The van der Waals surface area contributed by atoms with E-state index in [9.17, 15) is 9.59 Å². The third-order valence-electron chi connectivity index (χ3n) is 4.01. The highest BCUT2D eigenvalue weighted by Gasteiger charge is 2.16. The van der Waals surface area contributed by atoms with Crippen LogP contribution in [0.2, 0.25) is 0 Å². The molecule has 0 bridgehead atoms. The van der Waals surface area contributed by atoms with E-state index < -0.39 is 0 Å². The minimum Gasteiger partial charge on any atom is -0.345 e. The van der Waals surface area contributed by atoms with Crippen LogP contribution in [0.1, 0.15) is 51.0 Å². The molecule has 2 rings (SSSR count). The molecule has 0 aliphatic heterocycles. The normalized spacial score (nSPS) is 14.5. The van der Waals surface area contributed by atoms with E-state index in [1.165, 1.54) is 39.0 Å². The molecule has 0 heterocycles. The smallest absolute Gasteiger partial charge is 0.221 e. The first-order chi connectivity index (χ1) is 11.1. The molecule has 1 fully saturated rings. The largest absolute Gasteiger partial charge is 0.345 e. The number of hydrogen-bond acceptors (Lipinski definition) is 2. The van der Waals surface area contributed by atoms with Crippen molar-refractivity contribution in [2.24, 2.45) is 5.92 Å². The maximum absolute atomic E-state index is 11.9. The quantitative estimate of drug-likeness (QED) is 0.839. The second-order valence-corrected chi connectivity index (χ2v) is 6.05. The van der Waals surface area contributed by atoms with Gasteiger partial charge >= 0.3 is 0 Å². The van der Waals surface area contributed by atoms with Gasteiger partial charge in [0.1, 0.15) is 0 Å². The van der Waals surface area contributed by atoms with Crippen molar-refractivity contribution in [3.63, 3.8) is 0 Å². The molecule has 0 radical (unpaired) electrons.